The third-order valence-corrected chi connectivity index (χ3v) is 3.64. The van der Waals surface area contributed by atoms with Crippen molar-refractivity contribution < 1.29 is 19.1 Å². The van der Waals surface area contributed by atoms with Gasteiger partial charge < -0.3 is 4.74 Å². The molecule has 0 radical (unpaired) electrons. The highest BCUT2D eigenvalue weighted by atomic mass is 19.1. The lowest BCUT2D eigenvalue weighted by molar-refractivity contribution is -0.132. The predicted octanol–water partition coefficient (Wildman–Crippen LogP) is 4.39. The second-order valence-electron chi connectivity index (χ2n) is 5.60. The number of nitrogens with one attached hydrogen (secondary N) is 1. The first-order valence-corrected chi connectivity index (χ1v) is 8.55. The maximum absolute atomic E-state index is 11.9. The van der Waals surface area contributed by atoms with Gasteiger partial charge in [0.05, 0.1) is 12.5 Å². The fraction of sp³-hybridized carbons (Fsp3) is 0.286. The molecule has 5 heteroatoms. The first-order chi connectivity index (χ1) is 12.6. The zero-order valence-electron chi connectivity index (χ0n) is 15.0. The summed E-state index contributed by atoms with van der Waals surface area (Å²) in [4.78, 5) is 11.1. The van der Waals surface area contributed by atoms with Crippen molar-refractivity contribution in [3.63, 3.8) is 0 Å². The standard InChI is InChI=1S/C15H21NO3.C6H5F/c1-3-12-5-7-13(8-6-12)9-10-14(19-4-2)11-15(17)16-18;7-6-4-2-1-3-5-6/h3,5-8,14,18H,1,4,9-11H2,2H3,(H,16,17);1-5H. The van der Waals surface area contributed by atoms with Crippen LogP contribution in [0.5, 0.6) is 0 Å². The van der Waals surface area contributed by atoms with E-state index in [0.717, 1.165) is 18.4 Å². The van der Waals surface area contributed by atoms with Gasteiger partial charge in [-0.1, -0.05) is 55.1 Å². The minimum atomic E-state index is -0.416. The first-order valence-electron chi connectivity index (χ1n) is 8.55. The van der Waals surface area contributed by atoms with E-state index < -0.39 is 5.91 Å². The molecule has 0 aliphatic carbocycles. The molecule has 0 saturated heterocycles. The Bertz CT molecular complexity index is 644. The number of amides is 1. The average Bonchev–Trinajstić information content (AvgIpc) is 2.67. The summed E-state index contributed by atoms with van der Waals surface area (Å²) in [6.45, 7) is 6.16. The van der Waals surface area contributed by atoms with Crippen LogP contribution in [0.1, 0.15) is 30.9 Å². The van der Waals surface area contributed by atoms with E-state index in [1.807, 2.05) is 31.2 Å². The van der Waals surface area contributed by atoms with E-state index in [1.165, 1.54) is 17.7 Å². The molecule has 0 saturated carbocycles. The molecule has 1 amide bonds. The van der Waals surface area contributed by atoms with Gasteiger partial charge in [-0.2, -0.15) is 0 Å². The average molecular weight is 359 g/mol. The topological polar surface area (TPSA) is 58.6 Å². The fourth-order valence-corrected chi connectivity index (χ4v) is 2.30. The Morgan fingerprint density at radius 2 is 1.88 bits per heavy atom. The summed E-state index contributed by atoms with van der Waals surface area (Å²) in [6.07, 6.45) is 3.39. The second-order valence-corrected chi connectivity index (χ2v) is 5.60. The number of ether oxygens (including phenoxy) is 1. The van der Waals surface area contributed by atoms with Crippen LogP contribution in [0.4, 0.5) is 4.39 Å². The van der Waals surface area contributed by atoms with Crippen LogP contribution in [0.15, 0.2) is 61.2 Å². The van der Waals surface area contributed by atoms with Crippen molar-refractivity contribution in [2.45, 2.75) is 32.3 Å². The quantitative estimate of drug-likeness (QED) is 0.543. The van der Waals surface area contributed by atoms with Gasteiger partial charge in [0.2, 0.25) is 5.91 Å². The normalized spacial score (nSPS) is 11.0. The highest BCUT2D eigenvalue weighted by Gasteiger charge is 2.13. The SMILES string of the molecule is C=Cc1ccc(CCC(CC(=O)NO)OCC)cc1.Fc1ccccc1. The number of benzene rings is 2. The molecule has 0 aliphatic rings. The van der Waals surface area contributed by atoms with Crippen LogP contribution in [-0.2, 0) is 16.0 Å². The molecule has 140 valence electrons. The van der Waals surface area contributed by atoms with E-state index in [4.69, 9.17) is 9.94 Å². The summed E-state index contributed by atoms with van der Waals surface area (Å²) >= 11 is 0. The lowest BCUT2D eigenvalue weighted by Crippen LogP contribution is -2.26. The molecule has 0 heterocycles. The smallest absolute Gasteiger partial charge is 0.245 e. The number of rotatable bonds is 8. The van der Waals surface area contributed by atoms with Crippen LogP contribution < -0.4 is 5.48 Å². The zero-order chi connectivity index (χ0) is 19.2. The van der Waals surface area contributed by atoms with E-state index in [0.29, 0.717) is 6.61 Å². The van der Waals surface area contributed by atoms with Gasteiger partial charge >= 0.3 is 0 Å². The highest BCUT2D eigenvalue weighted by molar-refractivity contribution is 5.75. The van der Waals surface area contributed by atoms with Gasteiger partial charge in [-0.3, -0.25) is 10.0 Å². The molecule has 0 bridgehead atoms. The van der Waals surface area contributed by atoms with Crippen LogP contribution in [-0.4, -0.2) is 23.8 Å². The Hall–Kier alpha value is -2.50. The molecule has 2 rings (SSSR count). The number of carbonyl (C=O) groups excluding carboxylic acids is 1. The van der Waals surface area contributed by atoms with Crippen LogP contribution in [0.3, 0.4) is 0 Å². The predicted molar refractivity (Wildman–Crippen MR) is 101 cm³/mol. The van der Waals surface area contributed by atoms with E-state index in [-0.39, 0.29) is 18.3 Å². The summed E-state index contributed by atoms with van der Waals surface area (Å²) in [5, 5.41) is 8.53. The van der Waals surface area contributed by atoms with Gasteiger partial charge in [-0.05, 0) is 43.0 Å². The number of carbonyl (C=O) groups is 1. The van der Waals surface area contributed by atoms with Crippen molar-refractivity contribution in [1.29, 1.82) is 0 Å². The molecule has 2 aromatic carbocycles. The molecule has 2 N–H and O–H groups in total. The molecular formula is C21H26FNO3. The summed E-state index contributed by atoms with van der Waals surface area (Å²) in [7, 11) is 0. The summed E-state index contributed by atoms with van der Waals surface area (Å²) in [6, 6.07) is 16.1. The maximum Gasteiger partial charge on any atom is 0.245 e. The second kappa shape index (κ2) is 12.8. The molecule has 4 nitrogen and oxygen atoms in total. The Labute approximate surface area is 154 Å². The molecule has 2 aromatic rings. The van der Waals surface area contributed by atoms with Crippen LogP contribution in [0, 0.1) is 5.82 Å². The van der Waals surface area contributed by atoms with Gasteiger partial charge in [-0.25, -0.2) is 9.87 Å². The van der Waals surface area contributed by atoms with Crippen LogP contribution in [0.2, 0.25) is 0 Å². The number of hydroxylamine groups is 1. The molecule has 1 atom stereocenters. The van der Waals surface area contributed by atoms with E-state index in [1.54, 1.807) is 29.8 Å². The summed E-state index contributed by atoms with van der Waals surface area (Å²) in [5.74, 6) is -0.594. The Kier molecular flexibility index (Phi) is 10.6. The number of hydrogen-bond acceptors (Lipinski definition) is 3. The number of aryl methyl sites for hydroxylation is 1. The molecule has 0 aromatic heterocycles. The lowest BCUT2D eigenvalue weighted by atomic mass is 10.0. The molecule has 0 spiro atoms. The van der Waals surface area contributed by atoms with Gasteiger partial charge in [0.15, 0.2) is 0 Å². The first kappa shape index (κ1) is 21.5. The van der Waals surface area contributed by atoms with Gasteiger partial charge in [0.1, 0.15) is 5.82 Å². The Morgan fingerprint density at radius 1 is 1.23 bits per heavy atom. The van der Waals surface area contributed by atoms with Crippen molar-refractivity contribution in [2.75, 3.05) is 6.61 Å². The largest absolute Gasteiger partial charge is 0.378 e. The zero-order valence-corrected chi connectivity index (χ0v) is 15.0. The molecule has 26 heavy (non-hydrogen) atoms. The Morgan fingerprint density at radius 3 is 2.35 bits per heavy atom. The van der Waals surface area contributed by atoms with Crippen molar-refractivity contribution >= 4 is 12.0 Å². The van der Waals surface area contributed by atoms with Crippen molar-refractivity contribution in [2.24, 2.45) is 0 Å². The van der Waals surface area contributed by atoms with E-state index >= 15 is 0 Å². The lowest BCUT2D eigenvalue weighted by Gasteiger charge is -2.15. The summed E-state index contributed by atoms with van der Waals surface area (Å²) in [5.41, 5.74) is 3.92. The minimum absolute atomic E-state index is 0.170. The van der Waals surface area contributed by atoms with Crippen molar-refractivity contribution in [3.05, 3.63) is 78.1 Å². The molecule has 0 fully saturated rings. The van der Waals surface area contributed by atoms with Crippen molar-refractivity contribution in [1.82, 2.24) is 5.48 Å². The van der Waals surface area contributed by atoms with Crippen LogP contribution in [0.25, 0.3) is 6.08 Å². The number of halogens is 1. The van der Waals surface area contributed by atoms with Gasteiger partial charge in [0, 0.05) is 6.61 Å². The van der Waals surface area contributed by atoms with Crippen LogP contribution >= 0.6 is 0 Å². The maximum atomic E-state index is 11.9. The third-order valence-electron chi connectivity index (χ3n) is 3.64. The number of hydrogen-bond donors (Lipinski definition) is 2. The van der Waals surface area contributed by atoms with Gasteiger partial charge in [0.25, 0.3) is 0 Å². The van der Waals surface area contributed by atoms with E-state index in [2.05, 4.69) is 6.58 Å². The minimum Gasteiger partial charge on any atom is -0.378 e. The summed E-state index contributed by atoms with van der Waals surface area (Å²) < 4.78 is 17.4. The molecule has 0 aliphatic heterocycles. The fourth-order valence-electron chi connectivity index (χ4n) is 2.30. The highest BCUT2D eigenvalue weighted by Crippen LogP contribution is 2.12. The molecule has 1 unspecified atom stereocenters. The Balaban J connectivity index is 0.000000401. The van der Waals surface area contributed by atoms with Gasteiger partial charge in [-0.15, -0.1) is 0 Å². The monoisotopic (exact) mass is 359 g/mol. The third kappa shape index (κ3) is 9.11. The molecular weight excluding hydrogens is 333 g/mol. The van der Waals surface area contributed by atoms with E-state index in [9.17, 15) is 9.18 Å². The van der Waals surface area contributed by atoms with Crippen molar-refractivity contribution in [3.8, 4) is 0 Å².